The number of hydrogen-bond acceptors (Lipinski definition) is 3. The van der Waals surface area contributed by atoms with E-state index < -0.39 is 10.0 Å². The van der Waals surface area contributed by atoms with Gasteiger partial charge in [0.25, 0.3) is 10.0 Å². The van der Waals surface area contributed by atoms with Gasteiger partial charge < -0.3 is 4.98 Å². The second-order valence-electron chi connectivity index (χ2n) is 4.74. The maximum atomic E-state index is 12.1. The molecular formula is C15H11Br2N3O2S. The number of nitrogens with zero attached hydrogens (tertiary/aromatic N) is 1. The normalized spacial score (nSPS) is 12.1. The third kappa shape index (κ3) is 3.65. The molecule has 0 aliphatic heterocycles. The summed E-state index contributed by atoms with van der Waals surface area (Å²) >= 11 is 6.67. The van der Waals surface area contributed by atoms with Crippen molar-refractivity contribution >= 4 is 59.0 Å². The highest BCUT2D eigenvalue weighted by atomic mass is 79.9. The minimum atomic E-state index is -3.68. The molecule has 3 rings (SSSR count). The average Bonchev–Trinajstić information content (AvgIpc) is 2.90. The number of hydrazone groups is 1. The van der Waals surface area contributed by atoms with E-state index in [-0.39, 0.29) is 4.90 Å². The van der Waals surface area contributed by atoms with Crippen molar-refractivity contribution in [2.75, 3.05) is 0 Å². The van der Waals surface area contributed by atoms with Gasteiger partial charge in [-0.25, -0.2) is 4.83 Å². The molecular weight excluding hydrogens is 446 g/mol. The van der Waals surface area contributed by atoms with Crippen LogP contribution in [-0.2, 0) is 10.0 Å². The fraction of sp³-hybridized carbons (Fsp3) is 0. The second-order valence-corrected chi connectivity index (χ2v) is 8.23. The zero-order chi connectivity index (χ0) is 16.4. The summed E-state index contributed by atoms with van der Waals surface area (Å²) < 4.78 is 26.0. The third-order valence-electron chi connectivity index (χ3n) is 3.18. The number of nitrogens with one attached hydrogen (secondary N) is 2. The van der Waals surface area contributed by atoms with Crippen LogP contribution in [0.5, 0.6) is 0 Å². The Morgan fingerprint density at radius 2 is 1.74 bits per heavy atom. The maximum absolute atomic E-state index is 12.1. The van der Waals surface area contributed by atoms with Crippen LogP contribution >= 0.6 is 31.9 Å². The second kappa shape index (κ2) is 6.46. The Bertz CT molecular complexity index is 980. The molecule has 0 radical (unpaired) electrons. The van der Waals surface area contributed by atoms with E-state index in [4.69, 9.17) is 0 Å². The summed E-state index contributed by atoms with van der Waals surface area (Å²) in [5, 5.41) is 4.81. The Morgan fingerprint density at radius 1 is 1.04 bits per heavy atom. The van der Waals surface area contributed by atoms with Crippen LogP contribution in [-0.4, -0.2) is 19.6 Å². The third-order valence-corrected chi connectivity index (χ3v) is 5.44. The average molecular weight is 457 g/mol. The van der Waals surface area contributed by atoms with Gasteiger partial charge in [0.1, 0.15) is 0 Å². The number of benzene rings is 2. The lowest BCUT2D eigenvalue weighted by Gasteiger charge is -2.02. The van der Waals surface area contributed by atoms with Gasteiger partial charge in [0, 0.05) is 31.6 Å². The van der Waals surface area contributed by atoms with Gasteiger partial charge in [-0.2, -0.15) is 13.5 Å². The summed E-state index contributed by atoms with van der Waals surface area (Å²) in [6.07, 6.45) is 3.25. The highest BCUT2D eigenvalue weighted by Crippen LogP contribution is 2.21. The van der Waals surface area contributed by atoms with Gasteiger partial charge in [-0.05, 0) is 36.4 Å². The Morgan fingerprint density at radius 3 is 2.48 bits per heavy atom. The summed E-state index contributed by atoms with van der Waals surface area (Å²) in [5.41, 5.74) is 1.74. The fourth-order valence-corrected chi connectivity index (χ4v) is 3.48. The largest absolute Gasteiger partial charge is 0.360 e. The number of aromatic amines is 1. The monoisotopic (exact) mass is 455 g/mol. The minimum absolute atomic E-state index is 0.153. The molecule has 0 aliphatic rings. The first-order valence-electron chi connectivity index (χ1n) is 6.53. The van der Waals surface area contributed by atoms with E-state index in [1.807, 2.05) is 18.2 Å². The highest BCUT2D eigenvalue weighted by Gasteiger charge is 2.12. The van der Waals surface area contributed by atoms with Crippen LogP contribution in [0.2, 0.25) is 0 Å². The summed E-state index contributed by atoms with van der Waals surface area (Å²) in [6.45, 7) is 0. The molecule has 0 unspecified atom stereocenters. The summed E-state index contributed by atoms with van der Waals surface area (Å²) in [4.78, 5) is 5.48. The quantitative estimate of drug-likeness (QED) is 0.459. The zero-order valence-electron chi connectivity index (χ0n) is 11.6. The topological polar surface area (TPSA) is 74.3 Å². The molecule has 5 nitrogen and oxygen atoms in total. The molecule has 0 aliphatic carbocycles. The van der Waals surface area contributed by atoms with Crippen molar-refractivity contribution in [3.63, 3.8) is 0 Å². The molecule has 118 valence electrons. The van der Waals surface area contributed by atoms with Crippen molar-refractivity contribution in [3.8, 4) is 0 Å². The van der Waals surface area contributed by atoms with Gasteiger partial charge >= 0.3 is 0 Å². The first kappa shape index (κ1) is 16.2. The predicted octanol–water partition coefficient (Wildman–Crippen LogP) is 4.01. The lowest BCUT2D eigenvalue weighted by Crippen LogP contribution is -2.18. The van der Waals surface area contributed by atoms with Gasteiger partial charge in [0.15, 0.2) is 0 Å². The Balaban J connectivity index is 1.81. The molecule has 3 aromatic rings. The summed E-state index contributed by atoms with van der Waals surface area (Å²) in [6, 6.07) is 12.1. The molecule has 0 saturated carbocycles. The molecule has 2 N–H and O–H groups in total. The van der Waals surface area contributed by atoms with Crippen molar-refractivity contribution in [2.45, 2.75) is 4.90 Å². The fourth-order valence-electron chi connectivity index (χ4n) is 2.06. The molecule has 1 heterocycles. The molecule has 0 amide bonds. The van der Waals surface area contributed by atoms with Crippen molar-refractivity contribution in [1.29, 1.82) is 0 Å². The number of halogens is 2. The van der Waals surface area contributed by atoms with E-state index in [9.17, 15) is 8.42 Å². The van der Waals surface area contributed by atoms with E-state index in [1.165, 1.54) is 18.3 Å². The van der Waals surface area contributed by atoms with Crippen LogP contribution in [0.4, 0.5) is 0 Å². The van der Waals surface area contributed by atoms with Crippen LogP contribution in [0.25, 0.3) is 10.9 Å². The smallest absolute Gasteiger partial charge is 0.276 e. The Hall–Kier alpha value is -1.64. The number of fused-ring (bicyclic) bond motifs is 1. The van der Waals surface area contributed by atoms with E-state index in [0.717, 1.165) is 25.4 Å². The van der Waals surface area contributed by atoms with Gasteiger partial charge in [0.2, 0.25) is 0 Å². The van der Waals surface area contributed by atoms with Crippen molar-refractivity contribution in [2.24, 2.45) is 5.10 Å². The van der Waals surface area contributed by atoms with E-state index in [0.29, 0.717) is 0 Å². The van der Waals surface area contributed by atoms with Gasteiger partial charge in [-0.15, -0.1) is 0 Å². The molecule has 0 fully saturated rings. The number of sulfonamides is 1. The molecule has 0 saturated heterocycles. The number of hydrogen-bond donors (Lipinski definition) is 2. The van der Waals surface area contributed by atoms with Crippen molar-refractivity contribution < 1.29 is 8.42 Å². The molecule has 2 aromatic carbocycles. The van der Waals surface area contributed by atoms with Crippen LogP contribution in [0.1, 0.15) is 5.56 Å². The molecule has 23 heavy (non-hydrogen) atoms. The zero-order valence-corrected chi connectivity index (χ0v) is 15.6. The summed E-state index contributed by atoms with van der Waals surface area (Å²) in [5.74, 6) is 0. The van der Waals surface area contributed by atoms with Gasteiger partial charge in [0.05, 0.1) is 11.1 Å². The maximum Gasteiger partial charge on any atom is 0.276 e. The number of rotatable bonds is 4. The van der Waals surface area contributed by atoms with E-state index in [1.54, 1.807) is 18.3 Å². The predicted molar refractivity (Wildman–Crippen MR) is 98.1 cm³/mol. The SMILES string of the molecule is O=S(=O)(N/N=C/c1c[nH]c2cc(Br)ccc12)c1ccc(Br)cc1. The number of H-pyrrole nitrogens is 1. The Kier molecular flexibility index (Phi) is 4.56. The summed E-state index contributed by atoms with van der Waals surface area (Å²) in [7, 11) is -3.68. The van der Waals surface area contributed by atoms with Gasteiger partial charge in [-0.3, -0.25) is 0 Å². The van der Waals surface area contributed by atoms with Crippen LogP contribution in [0.3, 0.4) is 0 Å². The molecule has 0 atom stereocenters. The van der Waals surface area contributed by atoms with Crippen LogP contribution in [0, 0.1) is 0 Å². The Labute approximate surface area is 150 Å². The molecule has 1 aromatic heterocycles. The van der Waals surface area contributed by atoms with Crippen LogP contribution in [0.15, 0.2) is 67.6 Å². The minimum Gasteiger partial charge on any atom is -0.360 e. The molecule has 0 bridgehead atoms. The highest BCUT2D eigenvalue weighted by molar-refractivity contribution is 9.10. The molecule has 0 spiro atoms. The van der Waals surface area contributed by atoms with E-state index >= 15 is 0 Å². The first-order chi connectivity index (χ1) is 11.0. The lowest BCUT2D eigenvalue weighted by molar-refractivity contribution is 0.584. The van der Waals surface area contributed by atoms with Crippen molar-refractivity contribution in [3.05, 3.63) is 63.2 Å². The number of aromatic nitrogens is 1. The first-order valence-corrected chi connectivity index (χ1v) is 9.60. The van der Waals surface area contributed by atoms with Crippen molar-refractivity contribution in [1.82, 2.24) is 9.82 Å². The van der Waals surface area contributed by atoms with Crippen LogP contribution < -0.4 is 4.83 Å². The van der Waals surface area contributed by atoms with E-state index in [2.05, 4.69) is 46.8 Å². The lowest BCUT2D eigenvalue weighted by atomic mass is 10.2. The standard InChI is InChI=1S/C15H11Br2N3O2S/c16-11-1-4-13(5-2-11)23(21,22)20-19-9-10-8-18-15-7-12(17)3-6-14(10)15/h1-9,18,20H/b19-9+. The molecule has 8 heteroatoms. The van der Waals surface area contributed by atoms with Gasteiger partial charge in [-0.1, -0.05) is 37.9 Å².